The highest BCUT2D eigenvalue weighted by molar-refractivity contribution is 7.89. The van der Waals surface area contributed by atoms with Gasteiger partial charge in [0, 0.05) is 43.1 Å². The summed E-state index contributed by atoms with van der Waals surface area (Å²) in [5.41, 5.74) is -1.74. The molecule has 0 saturated carbocycles. The molecule has 2 aliphatic rings. The molecule has 172 valence electrons. The third-order valence-corrected chi connectivity index (χ3v) is 8.03. The smallest absolute Gasteiger partial charge is 0.358 e. The quantitative estimate of drug-likeness (QED) is 0.654. The summed E-state index contributed by atoms with van der Waals surface area (Å²) in [5, 5.41) is 0.423. The van der Waals surface area contributed by atoms with Crippen LogP contribution in [0.2, 0.25) is 5.02 Å². The average Bonchev–Trinajstić information content (AvgIpc) is 3.17. The molecule has 0 aromatic heterocycles. The van der Waals surface area contributed by atoms with Crippen molar-refractivity contribution in [2.45, 2.75) is 29.6 Å². The van der Waals surface area contributed by atoms with Crippen LogP contribution in [-0.4, -0.2) is 55.5 Å². The van der Waals surface area contributed by atoms with Crippen molar-refractivity contribution in [2.24, 2.45) is 0 Å². The van der Waals surface area contributed by atoms with Crippen LogP contribution in [0.25, 0.3) is 0 Å². The lowest BCUT2D eigenvalue weighted by atomic mass is 9.99. The Labute approximate surface area is 188 Å². The van der Waals surface area contributed by atoms with Crippen molar-refractivity contribution < 1.29 is 31.1 Å². The van der Waals surface area contributed by atoms with E-state index in [0.29, 0.717) is 5.02 Å². The second kappa shape index (κ2) is 8.33. The molecule has 1 amide bonds. The number of likely N-dealkylation sites (tertiary alicyclic amines) is 1. The van der Waals surface area contributed by atoms with Crippen LogP contribution in [0.4, 0.5) is 13.2 Å². The van der Waals surface area contributed by atoms with Crippen LogP contribution >= 0.6 is 11.6 Å². The van der Waals surface area contributed by atoms with Crippen LogP contribution in [0, 0.1) is 0 Å². The van der Waals surface area contributed by atoms with E-state index in [4.69, 9.17) is 16.3 Å². The van der Waals surface area contributed by atoms with Crippen molar-refractivity contribution in [3.8, 4) is 0 Å². The molecular weight excluding hydrogens is 469 g/mol. The minimum Gasteiger partial charge on any atom is -0.358 e. The van der Waals surface area contributed by atoms with Crippen LogP contribution in [0.1, 0.15) is 28.8 Å². The molecule has 0 aliphatic carbocycles. The van der Waals surface area contributed by atoms with Gasteiger partial charge in [-0.3, -0.25) is 4.79 Å². The van der Waals surface area contributed by atoms with E-state index < -0.39 is 33.4 Å². The second-order valence-electron chi connectivity index (χ2n) is 7.69. The van der Waals surface area contributed by atoms with Crippen LogP contribution in [-0.2, 0) is 20.9 Å². The zero-order valence-electron chi connectivity index (χ0n) is 16.8. The molecule has 11 heteroatoms. The number of nitrogens with zero attached hydrogens (tertiary/aromatic N) is 2. The molecule has 6 nitrogen and oxygen atoms in total. The Balaban J connectivity index is 1.48. The first-order valence-electron chi connectivity index (χ1n) is 9.92. The molecule has 32 heavy (non-hydrogen) atoms. The molecule has 1 spiro atoms. The van der Waals surface area contributed by atoms with Gasteiger partial charge in [0.2, 0.25) is 10.0 Å². The van der Waals surface area contributed by atoms with Gasteiger partial charge in [-0.15, -0.1) is 0 Å². The summed E-state index contributed by atoms with van der Waals surface area (Å²) in [6.45, 7) is 0.858. The minimum atomic E-state index is -4.47. The zero-order chi connectivity index (χ0) is 23.1. The zero-order valence-corrected chi connectivity index (χ0v) is 18.4. The highest BCUT2D eigenvalue weighted by Crippen LogP contribution is 2.39. The number of carbonyl (C=O) groups excluding carboxylic acids is 1. The van der Waals surface area contributed by atoms with Crippen molar-refractivity contribution in [1.82, 2.24) is 9.21 Å². The monoisotopic (exact) mass is 488 g/mol. The van der Waals surface area contributed by atoms with Gasteiger partial charge in [-0.1, -0.05) is 11.6 Å². The van der Waals surface area contributed by atoms with Crippen molar-refractivity contribution >= 4 is 27.5 Å². The highest BCUT2D eigenvalue weighted by atomic mass is 35.5. The van der Waals surface area contributed by atoms with E-state index in [-0.39, 0.29) is 49.5 Å². The maximum Gasteiger partial charge on any atom is 0.416 e. The molecule has 0 unspecified atom stereocenters. The summed E-state index contributed by atoms with van der Waals surface area (Å²) in [7, 11) is -3.83. The number of benzene rings is 2. The summed E-state index contributed by atoms with van der Waals surface area (Å²) in [4.78, 5) is 14.4. The molecule has 2 saturated heterocycles. The van der Waals surface area contributed by atoms with E-state index in [1.165, 1.54) is 33.5 Å². The highest BCUT2D eigenvalue weighted by Gasteiger charge is 2.51. The lowest BCUT2D eigenvalue weighted by molar-refractivity contribution is -0.137. The third-order valence-electron chi connectivity index (χ3n) is 5.81. The van der Waals surface area contributed by atoms with Gasteiger partial charge in [0.05, 0.1) is 17.1 Å². The van der Waals surface area contributed by atoms with Crippen molar-refractivity contribution in [3.63, 3.8) is 0 Å². The molecular formula is C21H20ClF3N2O4S. The van der Waals surface area contributed by atoms with E-state index in [0.717, 1.165) is 24.3 Å². The second-order valence-corrected chi connectivity index (χ2v) is 9.99. The number of halogens is 4. The van der Waals surface area contributed by atoms with E-state index >= 15 is 0 Å². The fraction of sp³-hybridized carbons (Fsp3) is 0.381. The number of sulfonamides is 1. The Kier molecular flexibility index (Phi) is 6.00. The minimum absolute atomic E-state index is 0.107. The maximum absolute atomic E-state index is 13.2. The van der Waals surface area contributed by atoms with E-state index in [1.807, 2.05) is 0 Å². The molecule has 2 aliphatic heterocycles. The first-order valence-corrected chi connectivity index (χ1v) is 11.7. The molecule has 2 heterocycles. The van der Waals surface area contributed by atoms with E-state index in [9.17, 15) is 26.4 Å². The Hall–Kier alpha value is -2.14. The van der Waals surface area contributed by atoms with Crippen molar-refractivity contribution in [3.05, 3.63) is 64.7 Å². The average molecular weight is 489 g/mol. The Morgan fingerprint density at radius 3 is 2.12 bits per heavy atom. The lowest BCUT2D eigenvalue weighted by Crippen LogP contribution is -2.55. The number of piperidine rings is 1. The standard InChI is InChI=1S/C21H20ClF3N2O4S/c22-17-5-7-18(8-6-17)32(29,30)27-13-14-31-20(27)9-11-26(12-10-20)19(28)15-1-3-16(4-2-15)21(23,24)25/h1-8H,9-14H2. The van der Waals surface area contributed by atoms with Crippen LogP contribution in [0.3, 0.4) is 0 Å². The predicted octanol–water partition coefficient (Wildman–Crippen LogP) is 4.01. The molecule has 0 bridgehead atoms. The Morgan fingerprint density at radius 1 is 0.969 bits per heavy atom. The topological polar surface area (TPSA) is 66.9 Å². The van der Waals surface area contributed by atoms with Gasteiger partial charge in [-0.05, 0) is 48.5 Å². The molecule has 2 aromatic carbocycles. The van der Waals surface area contributed by atoms with Gasteiger partial charge in [0.25, 0.3) is 5.91 Å². The number of hydrogen-bond donors (Lipinski definition) is 0. The first kappa shape index (κ1) is 23.0. The third kappa shape index (κ3) is 4.24. The Bertz CT molecular complexity index is 1100. The van der Waals surface area contributed by atoms with E-state index in [2.05, 4.69) is 0 Å². The SMILES string of the molecule is O=C(c1ccc(C(F)(F)F)cc1)N1CCC2(CC1)OCCN2S(=O)(=O)c1ccc(Cl)cc1. The van der Waals surface area contributed by atoms with Crippen LogP contribution in [0.5, 0.6) is 0 Å². The first-order chi connectivity index (χ1) is 15.0. The number of rotatable bonds is 3. The molecule has 2 aromatic rings. The fourth-order valence-electron chi connectivity index (χ4n) is 4.10. The van der Waals surface area contributed by atoms with Crippen molar-refractivity contribution in [1.29, 1.82) is 0 Å². The van der Waals surface area contributed by atoms with Gasteiger partial charge in [0.1, 0.15) is 5.72 Å². The Morgan fingerprint density at radius 2 is 1.56 bits per heavy atom. The van der Waals surface area contributed by atoms with Gasteiger partial charge in [0.15, 0.2) is 0 Å². The number of amides is 1. The summed E-state index contributed by atoms with van der Waals surface area (Å²) >= 11 is 5.86. The summed E-state index contributed by atoms with van der Waals surface area (Å²) in [6, 6.07) is 9.93. The van der Waals surface area contributed by atoms with Gasteiger partial charge < -0.3 is 9.64 Å². The van der Waals surface area contributed by atoms with Crippen LogP contribution < -0.4 is 0 Å². The normalized spacial score (nSPS) is 19.4. The molecule has 2 fully saturated rings. The number of ether oxygens (including phenoxy) is 1. The summed E-state index contributed by atoms with van der Waals surface area (Å²) in [6.07, 6.45) is -3.96. The van der Waals surface area contributed by atoms with Crippen molar-refractivity contribution in [2.75, 3.05) is 26.2 Å². The maximum atomic E-state index is 13.2. The van der Waals surface area contributed by atoms with Gasteiger partial charge >= 0.3 is 6.18 Å². The fourth-order valence-corrected chi connectivity index (χ4v) is 5.95. The largest absolute Gasteiger partial charge is 0.416 e. The van der Waals surface area contributed by atoms with Gasteiger partial charge in [-0.2, -0.15) is 17.5 Å². The van der Waals surface area contributed by atoms with Gasteiger partial charge in [-0.25, -0.2) is 8.42 Å². The van der Waals surface area contributed by atoms with Crippen LogP contribution in [0.15, 0.2) is 53.4 Å². The summed E-state index contributed by atoms with van der Waals surface area (Å²) < 4.78 is 71.9. The number of carbonyl (C=O) groups is 1. The number of hydrogen-bond acceptors (Lipinski definition) is 4. The predicted molar refractivity (Wildman–Crippen MR) is 111 cm³/mol. The molecule has 0 radical (unpaired) electrons. The summed E-state index contributed by atoms with van der Waals surface area (Å²) in [5.74, 6) is -0.404. The molecule has 4 rings (SSSR count). The van der Waals surface area contributed by atoms with E-state index in [1.54, 1.807) is 0 Å². The lowest BCUT2D eigenvalue weighted by Gasteiger charge is -2.42. The number of alkyl halides is 3. The molecule has 0 N–H and O–H groups in total. The molecule has 0 atom stereocenters.